The molecule has 0 heterocycles. The van der Waals surface area contributed by atoms with E-state index in [0.29, 0.717) is 23.0 Å². The molecule has 1 aromatic rings. The maximum atomic E-state index is 13.6. The first-order chi connectivity index (χ1) is 8.17. The van der Waals surface area contributed by atoms with Crippen LogP contribution in [0.4, 0.5) is 4.39 Å². The van der Waals surface area contributed by atoms with Crippen LogP contribution in [0.15, 0.2) is 18.2 Å². The summed E-state index contributed by atoms with van der Waals surface area (Å²) < 4.78 is 13.6. The predicted molar refractivity (Wildman–Crippen MR) is 70.2 cm³/mol. The smallest absolute Gasteiger partial charge is 0.129 e. The highest BCUT2D eigenvalue weighted by atomic mass is 35.5. The van der Waals surface area contributed by atoms with Gasteiger partial charge in [0.15, 0.2) is 0 Å². The van der Waals surface area contributed by atoms with Crippen molar-refractivity contribution in [1.29, 1.82) is 0 Å². The van der Waals surface area contributed by atoms with Crippen molar-refractivity contribution in [1.82, 2.24) is 5.32 Å². The Morgan fingerprint density at radius 1 is 1.29 bits per heavy atom. The molecular weight excluding hydrogens is 260 g/mol. The second-order valence-corrected chi connectivity index (χ2v) is 5.35. The van der Waals surface area contributed by atoms with Crippen molar-refractivity contribution in [3.8, 4) is 0 Å². The summed E-state index contributed by atoms with van der Waals surface area (Å²) in [4.78, 5) is 0. The van der Waals surface area contributed by atoms with Gasteiger partial charge in [-0.1, -0.05) is 30.5 Å². The van der Waals surface area contributed by atoms with E-state index >= 15 is 0 Å². The average Bonchev–Trinajstić information content (AvgIpc) is 2.78. The minimum atomic E-state index is -0.257. The van der Waals surface area contributed by atoms with Crippen LogP contribution in [0.1, 0.15) is 31.2 Å². The van der Waals surface area contributed by atoms with Crippen molar-refractivity contribution in [2.45, 2.75) is 37.8 Å². The normalized spacial score (nSPS) is 18.5. The van der Waals surface area contributed by atoms with E-state index < -0.39 is 0 Å². The van der Waals surface area contributed by atoms with Gasteiger partial charge in [-0.25, -0.2) is 4.39 Å². The zero-order chi connectivity index (χ0) is 12.3. The summed E-state index contributed by atoms with van der Waals surface area (Å²) in [6, 6.07) is 4.77. The van der Waals surface area contributed by atoms with Gasteiger partial charge in [0.25, 0.3) is 0 Å². The third-order valence-corrected chi connectivity index (χ3v) is 4.38. The van der Waals surface area contributed by atoms with Crippen molar-refractivity contribution in [2.24, 2.45) is 0 Å². The predicted octanol–water partition coefficient (Wildman–Crippen LogP) is 4.12. The Morgan fingerprint density at radius 2 is 2.00 bits per heavy atom. The van der Waals surface area contributed by atoms with Crippen LogP contribution >= 0.6 is 23.2 Å². The van der Waals surface area contributed by atoms with E-state index in [1.54, 1.807) is 12.1 Å². The lowest BCUT2D eigenvalue weighted by molar-refractivity contribution is 0.364. The molecule has 0 atom stereocenters. The number of halogens is 3. The molecule has 1 N–H and O–H groups in total. The summed E-state index contributed by atoms with van der Waals surface area (Å²) in [6.07, 6.45) is 4.49. The molecule has 1 nitrogen and oxygen atoms in total. The second kappa shape index (κ2) is 5.55. The van der Waals surface area contributed by atoms with E-state index in [2.05, 4.69) is 5.32 Å². The maximum absolute atomic E-state index is 13.6. The van der Waals surface area contributed by atoms with Crippen LogP contribution < -0.4 is 5.32 Å². The molecule has 1 fully saturated rings. The summed E-state index contributed by atoms with van der Waals surface area (Å²) in [6.45, 7) is 0.443. The van der Waals surface area contributed by atoms with Gasteiger partial charge in [-0.05, 0) is 25.0 Å². The Bertz CT molecular complexity index is 369. The van der Waals surface area contributed by atoms with Crippen LogP contribution in [-0.2, 0) is 6.54 Å². The van der Waals surface area contributed by atoms with Gasteiger partial charge in [0, 0.05) is 28.5 Å². The molecule has 0 radical (unpaired) electrons. The van der Waals surface area contributed by atoms with Crippen molar-refractivity contribution in [2.75, 3.05) is 5.88 Å². The molecule has 0 saturated heterocycles. The van der Waals surface area contributed by atoms with Gasteiger partial charge in [0.05, 0.1) is 0 Å². The van der Waals surface area contributed by atoms with Crippen molar-refractivity contribution < 1.29 is 4.39 Å². The van der Waals surface area contributed by atoms with Crippen LogP contribution in [-0.4, -0.2) is 11.4 Å². The van der Waals surface area contributed by atoms with Crippen molar-refractivity contribution in [3.63, 3.8) is 0 Å². The van der Waals surface area contributed by atoms with Crippen molar-refractivity contribution in [3.05, 3.63) is 34.6 Å². The van der Waals surface area contributed by atoms with E-state index in [-0.39, 0.29) is 11.4 Å². The van der Waals surface area contributed by atoms with Crippen LogP contribution in [0.5, 0.6) is 0 Å². The van der Waals surface area contributed by atoms with Crippen LogP contribution in [0.3, 0.4) is 0 Å². The third kappa shape index (κ3) is 2.93. The van der Waals surface area contributed by atoms with Gasteiger partial charge in [-0.3, -0.25) is 0 Å². The van der Waals surface area contributed by atoms with Gasteiger partial charge in [0.1, 0.15) is 5.82 Å². The molecule has 2 rings (SSSR count). The Labute approximate surface area is 111 Å². The maximum Gasteiger partial charge on any atom is 0.129 e. The number of alkyl halides is 1. The lowest BCUT2D eigenvalue weighted by Gasteiger charge is -2.28. The van der Waals surface area contributed by atoms with E-state index in [1.165, 1.54) is 18.9 Å². The fourth-order valence-corrected chi connectivity index (χ4v) is 2.98. The summed E-state index contributed by atoms with van der Waals surface area (Å²) in [5.41, 5.74) is 0.498. The minimum absolute atomic E-state index is 0.0346. The van der Waals surface area contributed by atoms with Crippen LogP contribution in [0.25, 0.3) is 0 Å². The van der Waals surface area contributed by atoms with Gasteiger partial charge >= 0.3 is 0 Å². The molecule has 0 amide bonds. The number of benzene rings is 1. The van der Waals surface area contributed by atoms with E-state index in [9.17, 15) is 4.39 Å². The van der Waals surface area contributed by atoms with Gasteiger partial charge in [-0.15, -0.1) is 11.6 Å². The largest absolute Gasteiger partial charge is 0.306 e. The SMILES string of the molecule is Fc1cccc(Cl)c1CNC1(CCl)CCCC1. The zero-order valence-electron chi connectivity index (χ0n) is 9.61. The standard InChI is InChI=1S/C13H16Cl2FN/c14-9-13(6-1-2-7-13)17-8-10-11(15)4-3-5-12(10)16/h3-5,17H,1-2,6-9H2. The fraction of sp³-hybridized carbons (Fsp3) is 0.538. The number of nitrogens with one attached hydrogen (secondary N) is 1. The zero-order valence-corrected chi connectivity index (χ0v) is 11.1. The van der Waals surface area contributed by atoms with Crippen LogP contribution in [0, 0.1) is 5.82 Å². The summed E-state index contributed by atoms with van der Waals surface area (Å²) in [5.74, 6) is 0.312. The van der Waals surface area contributed by atoms with E-state index in [1.807, 2.05) is 0 Å². The number of rotatable bonds is 4. The first kappa shape index (κ1) is 13.1. The highest BCUT2D eigenvalue weighted by Gasteiger charge is 2.32. The van der Waals surface area contributed by atoms with Gasteiger partial charge in [0.2, 0.25) is 0 Å². The highest BCUT2D eigenvalue weighted by molar-refractivity contribution is 6.31. The summed E-state index contributed by atoms with van der Waals surface area (Å²) >= 11 is 12.0. The Hall–Kier alpha value is -0.310. The molecule has 94 valence electrons. The van der Waals surface area contributed by atoms with Crippen LogP contribution in [0.2, 0.25) is 5.02 Å². The molecule has 0 unspecified atom stereocenters. The van der Waals surface area contributed by atoms with E-state index in [4.69, 9.17) is 23.2 Å². The minimum Gasteiger partial charge on any atom is -0.306 e. The molecule has 0 aromatic heterocycles. The second-order valence-electron chi connectivity index (χ2n) is 4.67. The molecule has 1 saturated carbocycles. The number of hydrogen-bond acceptors (Lipinski definition) is 1. The quantitative estimate of drug-likeness (QED) is 0.816. The lowest BCUT2D eigenvalue weighted by Crippen LogP contribution is -2.44. The molecule has 1 aromatic carbocycles. The topological polar surface area (TPSA) is 12.0 Å². The Balaban J connectivity index is 2.06. The third-order valence-electron chi connectivity index (χ3n) is 3.52. The summed E-state index contributed by atoms with van der Waals surface area (Å²) in [7, 11) is 0. The van der Waals surface area contributed by atoms with Gasteiger partial charge in [-0.2, -0.15) is 0 Å². The summed E-state index contributed by atoms with van der Waals surface area (Å²) in [5, 5.41) is 3.86. The molecule has 1 aliphatic rings. The molecule has 1 aliphatic carbocycles. The van der Waals surface area contributed by atoms with E-state index in [0.717, 1.165) is 12.8 Å². The van der Waals surface area contributed by atoms with Crippen molar-refractivity contribution >= 4 is 23.2 Å². The molecule has 0 bridgehead atoms. The first-order valence-electron chi connectivity index (χ1n) is 5.91. The first-order valence-corrected chi connectivity index (χ1v) is 6.82. The number of hydrogen-bond donors (Lipinski definition) is 1. The molecule has 0 spiro atoms. The molecule has 0 aliphatic heterocycles. The monoisotopic (exact) mass is 275 g/mol. The Kier molecular flexibility index (Phi) is 4.29. The Morgan fingerprint density at radius 3 is 2.59 bits per heavy atom. The fourth-order valence-electron chi connectivity index (χ4n) is 2.39. The molecular formula is C13H16Cl2FN. The molecule has 4 heteroatoms. The highest BCUT2D eigenvalue weighted by Crippen LogP contribution is 2.31. The average molecular weight is 276 g/mol. The molecule has 17 heavy (non-hydrogen) atoms. The van der Waals surface area contributed by atoms with Gasteiger partial charge < -0.3 is 5.32 Å². The lowest BCUT2D eigenvalue weighted by atomic mass is 10.00.